The van der Waals surface area contributed by atoms with Crippen molar-refractivity contribution in [1.82, 2.24) is 4.90 Å². The molecule has 0 unspecified atom stereocenters. The van der Waals surface area contributed by atoms with Crippen molar-refractivity contribution in [2.75, 3.05) is 13.2 Å². The molecule has 0 saturated carbocycles. The van der Waals surface area contributed by atoms with Gasteiger partial charge in [-0.3, -0.25) is 0 Å². The minimum atomic E-state index is -0.576. The van der Waals surface area contributed by atoms with Crippen molar-refractivity contribution in [1.29, 1.82) is 0 Å². The van der Waals surface area contributed by atoms with Crippen LogP contribution >= 0.6 is 0 Å². The highest BCUT2D eigenvalue weighted by Crippen LogP contribution is 2.04. The highest BCUT2D eigenvalue weighted by Gasteiger charge is 2.29. The van der Waals surface area contributed by atoms with Gasteiger partial charge in [0.05, 0.1) is 12.6 Å². The number of nitrogens with zero attached hydrogens (tertiary/aromatic N) is 1. The predicted molar refractivity (Wildman–Crippen MR) is 37.6 cm³/mol. The maximum absolute atomic E-state index is 11.0. The van der Waals surface area contributed by atoms with E-state index >= 15 is 0 Å². The number of cyclic esters (lactones) is 1. The Balaban J connectivity index is 2.52. The zero-order valence-corrected chi connectivity index (χ0v) is 5.95. The summed E-state index contributed by atoms with van der Waals surface area (Å²) in [5.41, 5.74) is 0. The van der Waals surface area contributed by atoms with Crippen molar-refractivity contribution in [3.8, 4) is 0 Å². The first kappa shape index (κ1) is 7.65. The summed E-state index contributed by atoms with van der Waals surface area (Å²) in [6, 6.07) is 0. The van der Waals surface area contributed by atoms with Crippen LogP contribution in [-0.2, 0) is 9.53 Å². The molecule has 0 aromatic rings. The number of amides is 2. The summed E-state index contributed by atoms with van der Waals surface area (Å²) < 4.78 is 4.54. The third-order valence-electron chi connectivity index (χ3n) is 1.29. The van der Waals surface area contributed by atoms with E-state index in [0.717, 1.165) is 4.90 Å². The molecule has 1 heterocycles. The van der Waals surface area contributed by atoms with Gasteiger partial charge in [-0.2, -0.15) is 0 Å². The highest BCUT2D eigenvalue weighted by molar-refractivity contribution is 5.98. The van der Waals surface area contributed by atoms with Crippen molar-refractivity contribution in [3.05, 3.63) is 19.1 Å². The molecule has 0 radical (unpaired) electrons. The van der Waals surface area contributed by atoms with E-state index in [1.165, 1.54) is 12.5 Å². The molecule has 0 atom stereocenters. The van der Waals surface area contributed by atoms with E-state index in [9.17, 15) is 9.59 Å². The Morgan fingerprint density at radius 2 is 2.55 bits per heavy atom. The minimum absolute atomic E-state index is 0.287. The molecular formula is C7H8NO3+. The summed E-state index contributed by atoms with van der Waals surface area (Å²) in [7, 11) is 0. The SMILES string of the molecule is C=C[CH+]C(=O)N1CCOC1=O. The van der Waals surface area contributed by atoms with E-state index in [0.29, 0.717) is 6.54 Å². The van der Waals surface area contributed by atoms with Gasteiger partial charge in [-0.05, 0) is 0 Å². The maximum atomic E-state index is 11.0. The first-order valence-electron chi connectivity index (χ1n) is 3.19. The summed E-state index contributed by atoms with van der Waals surface area (Å²) >= 11 is 0. The average Bonchev–Trinajstić information content (AvgIpc) is 2.36. The largest absolute Gasteiger partial charge is 0.447 e. The molecule has 0 spiro atoms. The van der Waals surface area contributed by atoms with Crippen molar-refractivity contribution < 1.29 is 14.3 Å². The molecule has 1 fully saturated rings. The second-order valence-electron chi connectivity index (χ2n) is 2.01. The number of rotatable bonds is 2. The Bertz CT molecular complexity index is 200. The molecule has 0 aromatic carbocycles. The number of hydrogen-bond acceptors (Lipinski definition) is 3. The van der Waals surface area contributed by atoms with Crippen LogP contribution in [0.3, 0.4) is 0 Å². The van der Waals surface area contributed by atoms with E-state index < -0.39 is 6.09 Å². The van der Waals surface area contributed by atoms with Crippen LogP contribution in [0, 0.1) is 6.42 Å². The quantitative estimate of drug-likeness (QED) is 0.539. The lowest BCUT2D eigenvalue weighted by molar-refractivity contribution is -0.123. The summed E-state index contributed by atoms with van der Waals surface area (Å²) in [6.07, 6.45) is 1.99. The number of imide groups is 1. The van der Waals surface area contributed by atoms with Gasteiger partial charge in [-0.15, -0.1) is 0 Å². The molecule has 1 rings (SSSR count). The van der Waals surface area contributed by atoms with Gasteiger partial charge in [-0.1, -0.05) is 0 Å². The van der Waals surface area contributed by atoms with Gasteiger partial charge in [0.25, 0.3) is 0 Å². The van der Waals surface area contributed by atoms with Crippen molar-refractivity contribution in [2.24, 2.45) is 0 Å². The summed E-state index contributed by atoms with van der Waals surface area (Å²) in [5.74, 6) is -0.373. The molecule has 4 nitrogen and oxygen atoms in total. The fourth-order valence-corrected chi connectivity index (χ4v) is 0.784. The molecule has 0 aromatic heterocycles. The van der Waals surface area contributed by atoms with Crippen LogP contribution < -0.4 is 0 Å². The van der Waals surface area contributed by atoms with Gasteiger partial charge in [0, 0.05) is 6.58 Å². The lowest BCUT2D eigenvalue weighted by Crippen LogP contribution is -2.31. The zero-order valence-electron chi connectivity index (χ0n) is 5.95. The van der Waals surface area contributed by atoms with Crippen LogP contribution in [0.4, 0.5) is 4.79 Å². The van der Waals surface area contributed by atoms with E-state index in [1.54, 1.807) is 0 Å². The molecule has 0 bridgehead atoms. The minimum Gasteiger partial charge on any atom is -0.447 e. The van der Waals surface area contributed by atoms with Gasteiger partial charge in [0.2, 0.25) is 0 Å². The molecule has 2 amide bonds. The summed E-state index contributed by atoms with van der Waals surface area (Å²) in [6.45, 7) is 3.96. The van der Waals surface area contributed by atoms with Gasteiger partial charge in [-0.25, -0.2) is 14.5 Å². The lowest BCUT2D eigenvalue weighted by Gasteiger charge is -2.03. The van der Waals surface area contributed by atoms with E-state index in [4.69, 9.17) is 0 Å². The van der Waals surface area contributed by atoms with Gasteiger partial charge in [0.1, 0.15) is 13.0 Å². The van der Waals surface area contributed by atoms with E-state index in [-0.39, 0.29) is 12.5 Å². The molecule has 1 aliphatic rings. The number of hydrogen-bond donors (Lipinski definition) is 0. The molecule has 0 aliphatic carbocycles. The standard InChI is InChI=1S/C7H8NO3/c1-2-3-6(9)8-4-5-11-7(8)10/h2-3H,1,4-5H2/q+1. The van der Waals surface area contributed by atoms with Crippen LogP contribution in [0.2, 0.25) is 0 Å². The van der Waals surface area contributed by atoms with Crippen LogP contribution in [0.25, 0.3) is 0 Å². The second kappa shape index (κ2) is 3.09. The van der Waals surface area contributed by atoms with Crippen LogP contribution in [0.1, 0.15) is 0 Å². The highest BCUT2D eigenvalue weighted by atomic mass is 16.6. The Hall–Kier alpha value is -1.45. The van der Waals surface area contributed by atoms with Crippen LogP contribution in [-0.4, -0.2) is 30.1 Å². The zero-order chi connectivity index (χ0) is 8.27. The topological polar surface area (TPSA) is 46.6 Å². The fraction of sp³-hybridized carbons (Fsp3) is 0.286. The van der Waals surface area contributed by atoms with Crippen molar-refractivity contribution in [3.63, 3.8) is 0 Å². The summed E-state index contributed by atoms with van der Waals surface area (Å²) in [4.78, 5) is 22.7. The van der Waals surface area contributed by atoms with Gasteiger partial charge >= 0.3 is 12.0 Å². The number of ether oxygens (including phenoxy) is 1. The Kier molecular flexibility index (Phi) is 2.15. The third kappa shape index (κ3) is 1.52. The predicted octanol–water partition coefficient (Wildman–Crippen LogP) is 0.355. The summed E-state index contributed by atoms with van der Waals surface area (Å²) in [5, 5.41) is 0. The maximum Gasteiger partial charge on any atom is 0.418 e. The Labute approximate surface area is 64.4 Å². The van der Waals surface area contributed by atoms with Crippen molar-refractivity contribution in [2.45, 2.75) is 0 Å². The molecule has 1 saturated heterocycles. The Morgan fingerprint density at radius 1 is 1.82 bits per heavy atom. The van der Waals surface area contributed by atoms with Crippen LogP contribution in [0.5, 0.6) is 0 Å². The first-order chi connectivity index (χ1) is 5.25. The number of carbonyl (C=O) groups is 2. The Morgan fingerprint density at radius 3 is 3.00 bits per heavy atom. The van der Waals surface area contributed by atoms with E-state index in [2.05, 4.69) is 11.3 Å². The molecule has 58 valence electrons. The number of carbonyl (C=O) groups excluding carboxylic acids is 2. The van der Waals surface area contributed by atoms with Gasteiger partial charge in [0.15, 0.2) is 0 Å². The molecular weight excluding hydrogens is 146 g/mol. The fourth-order valence-electron chi connectivity index (χ4n) is 0.784. The monoisotopic (exact) mass is 154 g/mol. The third-order valence-corrected chi connectivity index (χ3v) is 1.29. The molecule has 1 aliphatic heterocycles. The van der Waals surface area contributed by atoms with Crippen LogP contribution in [0.15, 0.2) is 12.7 Å². The molecule has 4 heteroatoms. The van der Waals surface area contributed by atoms with E-state index in [1.807, 2.05) is 0 Å². The first-order valence-corrected chi connectivity index (χ1v) is 3.19. The molecule has 0 N–H and O–H groups in total. The second-order valence-corrected chi connectivity index (χ2v) is 2.01. The lowest BCUT2D eigenvalue weighted by atomic mass is 10.4. The molecule has 11 heavy (non-hydrogen) atoms. The van der Waals surface area contributed by atoms with Crippen molar-refractivity contribution >= 4 is 12.0 Å². The normalized spacial score (nSPS) is 16.0. The average molecular weight is 154 g/mol. The smallest absolute Gasteiger partial charge is 0.418 e. The van der Waals surface area contributed by atoms with Gasteiger partial charge < -0.3 is 4.74 Å².